The highest BCUT2D eigenvalue weighted by atomic mass is 16.3. The van der Waals surface area contributed by atoms with Gasteiger partial charge in [0.15, 0.2) is 0 Å². The van der Waals surface area contributed by atoms with Crippen LogP contribution in [0.5, 0.6) is 0 Å². The van der Waals surface area contributed by atoms with Crippen LogP contribution in [0.1, 0.15) is 32.1 Å². The Bertz CT molecular complexity index is 208. The van der Waals surface area contributed by atoms with Crippen LogP contribution in [0.25, 0.3) is 0 Å². The monoisotopic (exact) mass is 165 g/mol. The van der Waals surface area contributed by atoms with Crippen molar-refractivity contribution >= 4 is 0 Å². The molecule has 1 N–H and O–H groups in total. The van der Waals surface area contributed by atoms with Crippen LogP contribution in [0.15, 0.2) is 0 Å². The predicted molar refractivity (Wildman–Crippen MR) is 45.2 cm³/mol. The minimum Gasteiger partial charge on any atom is -0.396 e. The summed E-state index contributed by atoms with van der Waals surface area (Å²) >= 11 is 0. The first kappa shape index (κ1) is 8.07. The number of rotatable bonds is 3. The van der Waals surface area contributed by atoms with Crippen molar-refractivity contribution in [2.45, 2.75) is 32.1 Å². The van der Waals surface area contributed by atoms with Crippen molar-refractivity contribution in [3.63, 3.8) is 0 Å². The number of nitrogens with zero attached hydrogens (tertiary/aromatic N) is 1. The fraction of sp³-hybridized carbons (Fsp3) is 0.900. The van der Waals surface area contributed by atoms with E-state index in [1.165, 1.54) is 12.8 Å². The second-order valence-corrected chi connectivity index (χ2v) is 4.50. The van der Waals surface area contributed by atoms with Gasteiger partial charge in [0.1, 0.15) is 0 Å². The molecule has 0 radical (unpaired) electrons. The molecule has 66 valence electrons. The summed E-state index contributed by atoms with van der Waals surface area (Å²) < 4.78 is 0. The van der Waals surface area contributed by atoms with E-state index in [2.05, 4.69) is 6.07 Å². The van der Waals surface area contributed by atoms with Crippen LogP contribution < -0.4 is 0 Å². The summed E-state index contributed by atoms with van der Waals surface area (Å²) in [6.45, 7) is 0.272. The molecule has 0 aliphatic heterocycles. The van der Waals surface area contributed by atoms with Crippen LogP contribution in [0.4, 0.5) is 0 Å². The zero-order valence-electron chi connectivity index (χ0n) is 7.29. The highest BCUT2D eigenvalue weighted by Crippen LogP contribution is 2.53. The van der Waals surface area contributed by atoms with Crippen LogP contribution in [0.2, 0.25) is 0 Å². The zero-order chi connectivity index (χ0) is 8.60. The SMILES string of the molecule is N#CC1(CC2CC2)CC(CO)C1. The predicted octanol–water partition coefficient (Wildman–Crippen LogP) is 1.70. The fourth-order valence-electron chi connectivity index (χ4n) is 2.35. The Hall–Kier alpha value is -0.550. The van der Waals surface area contributed by atoms with Crippen LogP contribution in [0.3, 0.4) is 0 Å². The van der Waals surface area contributed by atoms with Crippen molar-refractivity contribution in [3.8, 4) is 6.07 Å². The van der Waals surface area contributed by atoms with Crippen molar-refractivity contribution in [1.29, 1.82) is 5.26 Å². The number of aliphatic hydroxyl groups is 1. The van der Waals surface area contributed by atoms with Gasteiger partial charge in [-0.1, -0.05) is 12.8 Å². The van der Waals surface area contributed by atoms with Gasteiger partial charge >= 0.3 is 0 Å². The molecule has 2 heteroatoms. The summed E-state index contributed by atoms with van der Waals surface area (Å²) in [6, 6.07) is 2.44. The van der Waals surface area contributed by atoms with Gasteiger partial charge in [-0.3, -0.25) is 0 Å². The molecule has 0 saturated heterocycles. The standard InChI is InChI=1S/C10H15NO/c11-7-10(3-8-1-2-8)4-9(5-10)6-12/h8-9,12H,1-6H2. The fourth-order valence-corrected chi connectivity index (χ4v) is 2.35. The molecule has 0 atom stereocenters. The number of hydrogen-bond acceptors (Lipinski definition) is 2. The Morgan fingerprint density at radius 1 is 1.33 bits per heavy atom. The maximum Gasteiger partial charge on any atom is 0.0690 e. The summed E-state index contributed by atoms with van der Waals surface area (Å²) in [5, 5.41) is 17.8. The first-order valence-electron chi connectivity index (χ1n) is 4.80. The second kappa shape index (κ2) is 2.74. The van der Waals surface area contributed by atoms with E-state index >= 15 is 0 Å². The Kier molecular flexibility index (Phi) is 1.84. The quantitative estimate of drug-likeness (QED) is 0.691. The third-order valence-corrected chi connectivity index (χ3v) is 3.23. The highest BCUT2D eigenvalue weighted by molar-refractivity contribution is 5.09. The third-order valence-electron chi connectivity index (χ3n) is 3.23. The van der Waals surface area contributed by atoms with Crippen molar-refractivity contribution in [3.05, 3.63) is 0 Å². The van der Waals surface area contributed by atoms with Gasteiger partial charge in [-0.25, -0.2) is 0 Å². The third kappa shape index (κ3) is 1.34. The molecule has 2 aliphatic rings. The van der Waals surface area contributed by atoms with Crippen molar-refractivity contribution in [2.75, 3.05) is 6.61 Å². The first-order valence-corrected chi connectivity index (χ1v) is 4.80. The molecule has 0 aromatic carbocycles. The Balaban J connectivity index is 1.86. The molecule has 12 heavy (non-hydrogen) atoms. The normalized spacial score (nSPS) is 40.2. The van der Waals surface area contributed by atoms with Gasteiger partial charge in [0.25, 0.3) is 0 Å². The average molecular weight is 165 g/mol. The van der Waals surface area contributed by atoms with Crippen LogP contribution >= 0.6 is 0 Å². The number of nitriles is 1. The summed E-state index contributed by atoms with van der Waals surface area (Å²) in [7, 11) is 0. The molecule has 0 spiro atoms. The van der Waals surface area contributed by atoms with E-state index in [-0.39, 0.29) is 12.0 Å². The summed E-state index contributed by atoms with van der Waals surface area (Å²) in [6.07, 6.45) is 5.63. The minimum absolute atomic E-state index is 0.0332. The topological polar surface area (TPSA) is 44.0 Å². The molecule has 0 bridgehead atoms. The van der Waals surface area contributed by atoms with Gasteiger partial charge in [0.05, 0.1) is 11.5 Å². The van der Waals surface area contributed by atoms with Crippen LogP contribution in [0, 0.1) is 28.6 Å². The lowest BCUT2D eigenvalue weighted by atomic mass is 9.61. The highest BCUT2D eigenvalue weighted by Gasteiger charge is 2.47. The lowest BCUT2D eigenvalue weighted by Crippen LogP contribution is -2.38. The molecule has 2 saturated carbocycles. The van der Waals surface area contributed by atoms with E-state index in [1.807, 2.05) is 0 Å². The van der Waals surface area contributed by atoms with Gasteiger partial charge in [-0.05, 0) is 31.1 Å². The largest absolute Gasteiger partial charge is 0.396 e. The molecule has 0 aromatic heterocycles. The van der Waals surface area contributed by atoms with Gasteiger partial charge < -0.3 is 5.11 Å². The lowest BCUT2D eigenvalue weighted by Gasteiger charge is -2.42. The van der Waals surface area contributed by atoms with E-state index in [0.29, 0.717) is 5.92 Å². The Morgan fingerprint density at radius 3 is 2.42 bits per heavy atom. The maximum atomic E-state index is 8.99. The zero-order valence-corrected chi connectivity index (χ0v) is 7.29. The summed E-state index contributed by atoms with van der Waals surface area (Å²) in [5.74, 6) is 1.26. The van der Waals surface area contributed by atoms with E-state index < -0.39 is 0 Å². The molecule has 0 heterocycles. The van der Waals surface area contributed by atoms with E-state index in [4.69, 9.17) is 10.4 Å². The smallest absolute Gasteiger partial charge is 0.0690 e. The first-order chi connectivity index (χ1) is 5.78. The van der Waals surface area contributed by atoms with Crippen molar-refractivity contribution < 1.29 is 5.11 Å². The molecule has 0 aromatic rings. The second-order valence-electron chi connectivity index (χ2n) is 4.50. The summed E-state index contributed by atoms with van der Waals surface area (Å²) in [4.78, 5) is 0. The van der Waals surface area contributed by atoms with Gasteiger partial charge in [0.2, 0.25) is 0 Å². The summed E-state index contributed by atoms with van der Waals surface area (Å²) in [5.41, 5.74) is -0.0332. The lowest BCUT2D eigenvalue weighted by molar-refractivity contribution is 0.0496. The number of hydrogen-bond donors (Lipinski definition) is 1. The molecule has 2 aliphatic carbocycles. The molecule has 0 unspecified atom stereocenters. The minimum atomic E-state index is -0.0332. The van der Waals surface area contributed by atoms with E-state index in [1.54, 1.807) is 0 Å². The molecule has 2 nitrogen and oxygen atoms in total. The van der Waals surface area contributed by atoms with Gasteiger partial charge in [0, 0.05) is 6.61 Å². The van der Waals surface area contributed by atoms with Crippen molar-refractivity contribution in [1.82, 2.24) is 0 Å². The Labute approximate surface area is 73.2 Å². The van der Waals surface area contributed by atoms with Gasteiger partial charge in [-0.2, -0.15) is 5.26 Å². The molecular formula is C10H15NO. The number of aliphatic hydroxyl groups excluding tert-OH is 1. The van der Waals surface area contributed by atoms with E-state index in [0.717, 1.165) is 25.2 Å². The van der Waals surface area contributed by atoms with E-state index in [9.17, 15) is 0 Å². The Morgan fingerprint density at radius 2 is 2.00 bits per heavy atom. The average Bonchev–Trinajstić information content (AvgIpc) is 2.79. The van der Waals surface area contributed by atoms with Crippen LogP contribution in [-0.2, 0) is 0 Å². The molecule has 2 fully saturated rings. The van der Waals surface area contributed by atoms with Crippen LogP contribution in [-0.4, -0.2) is 11.7 Å². The maximum absolute atomic E-state index is 8.99. The van der Waals surface area contributed by atoms with Gasteiger partial charge in [-0.15, -0.1) is 0 Å². The molecule has 2 rings (SSSR count). The van der Waals surface area contributed by atoms with Crippen molar-refractivity contribution in [2.24, 2.45) is 17.3 Å². The molecular weight excluding hydrogens is 150 g/mol. The molecule has 0 amide bonds.